The van der Waals surface area contributed by atoms with E-state index in [1.165, 1.54) is 12.1 Å². The van der Waals surface area contributed by atoms with Gasteiger partial charge in [0.1, 0.15) is 17.8 Å². The number of nitrogens with one attached hydrogen (secondary N) is 3. The molecule has 1 aromatic rings. The molecule has 31 heavy (non-hydrogen) atoms. The molecule has 0 spiro atoms. The number of primary amides is 1. The summed E-state index contributed by atoms with van der Waals surface area (Å²) in [6, 6.07) is 1.90. The highest BCUT2D eigenvalue weighted by Gasteiger charge is 2.27. The van der Waals surface area contributed by atoms with Gasteiger partial charge in [0, 0.05) is 0 Å². The van der Waals surface area contributed by atoms with Crippen LogP contribution in [0.2, 0.25) is 0 Å². The van der Waals surface area contributed by atoms with Crippen LogP contribution in [0.4, 0.5) is 0 Å². The number of phenolic OH excluding ortho intramolecular Hbond substituents is 1. The number of benzene rings is 1. The van der Waals surface area contributed by atoms with Gasteiger partial charge in [0.05, 0.1) is 25.6 Å². The number of hydrogen-bond donors (Lipinski definition) is 8. The minimum absolute atomic E-state index is 0.0604. The molecule has 3 unspecified atom stereocenters. The first-order valence-electron chi connectivity index (χ1n) is 9.06. The summed E-state index contributed by atoms with van der Waals surface area (Å²) in [6.45, 7) is -1.43. The number of nitrogens with two attached hydrogens (primary N) is 2. The van der Waals surface area contributed by atoms with Crippen LogP contribution in [0.1, 0.15) is 12.0 Å². The molecular formula is C18H25N5O8. The standard InChI is InChI=1S/C18H25N5O8/c19-11(5-9-1-3-10(25)4-2-9)16(28)21-7-15(27)22-13(8-24)17(29)23-12(18(30)31)6-14(20)26/h1-4,11-13,24-25H,5-8,19H2,(H2,20,26)(H,21,28)(H,22,27)(H,23,29)(H,30,31). The van der Waals surface area contributed by atoms with Crippen molar-refractivity contribution >= 4 is 29.6 Å². The number of carboxylic acid groups (broad SMARTS) is 1. The number of carbonyl (C=O) groups excluding carboxylic acids is 4. The molecule has 0 aromatic heterocycles. The Morgan fingerprint density at radius 1 is 0.968 bits per heavy atom. The maximum Gasteiger partial charge on any atom is 0.326 e. The Balaban J connectivity index is 2.53. The van der Waals surface area contributed by atoms with Gasteiger partial charge in [0.2, 0.25) is 23.6 Å². The molecule has 1 aromatic carbocycles. The number of carbonyl (C=O) groups is 5. The summed E-state index contributed by atoms with van der Waals surface area (Å²) in [5.41, 5.74) is 11.4. The molecule has 0 radical (unpaired) electrons. The Morgan fingerprint density at radius 2 is 1.58 bits per heavy atom. The number of hydrogen-bond acceptors (Lipinski definition) is 8. The van der Waals surface area contributed by atoms with Crippen LogP contribution < -0.4 is 27.4 Å². The zero-order valence-corrected chi connectivity index (χ0v) is 16.4. The van der Waals surface area contributed by atoms with Crippen molar-refractivity contribution in [3.05, 3.63) is 29.8 Å². The van der Waals surface area contributed by atoms with Crippen LogP contribution in [0.25, 0.3) is 0 Å². The van der Waals surface area contributed by atoms with Gasteiger partial charge in [0.25, 0.3) is 0 Å². The summed E-state index contributed by atoms with van der Waals surface area (Å²) >= 11 is 0. The summed E-state index contributed by atoms with van der Waals surface area (Å²) in [5.74, 6) is -4.99. The monoisotopic (exact) mass is 439 g/mol. The SMILES string of the molecule is NC(=O)CC(NC(=O)C(CO)NC(=O)CNC(=O)C(N)Cc1ccc(O)cc1)C(=O)O. The lowest BCUT2D eigenvalue weighted by Gasteiger charge is -2.19. The minimum Gasteiger partial charge on any atom is -0.508 e. The van der Waals surface area contributed by atoms with Crippen LogP contribution in [0.15, 0.2) is 24.3 Å². The Bertz CT molecular complexity index is 814. The number of aliphatic carboxylic acids is 1. The van der Waals surface area contributed by atoms with E-state index in [-0.39, 0.29) is 12.2 Å². The van der Waals surface area contributed by atoms with Crippen LogP contribution in [0.3, 0.4) is 0 Å². The molecule has 13 nitrogen and oxygen atoms in total. The van der Waals surface area contributed by atoms with Gasteiger partial charge in [-0.05, 0) is 24.1 Å². The molecule has 0 aliphatic heterocycles. The van der Waals surface area contributed by atoms with E-state index in [1.807, 2.05) is 5.32 Å². The molecule has 0 aliphatic rings. The van der Waals surface area contributed by atoms with Gasteiger partial charge in [-0.25, -0.2) is 4.79 Å². The Morgan fingerprint density at radius 3 is 2.10 bits per heavy atom. The van der Waals surface area contributed by atoms with Crippen molar-refractivity contribution in [1.82, 2.24) is 16.0 Å². The zero-order valence-electron chi connectivity index (χ0n) is 16.4. The Labute approximate surface area is 176 Å². The molecule has 1 rings (SSSR count). The van der Waals surface area contributed by atoms with Crippen molar-refractivity contribution in [2.45, 2.75) is 31.0 Å². The number of carboxylic acids is 1. The minimum atomic E-state index is -1.63. The molecule has 10 N–H and O–H groups in total. The largest absolute Gasteiger partial charge is 0.508 e. The maximum atomic E-state index is 12.1. The average Bonchev–Trinajstić information content (AvgIpc) is 2.70. The summed E-state index contributed by atoms with van der Waals surface area (Å²) in [4.78, 5) is 58.0. The molecule has 0 saturated carbocycles. The molecule has 0 bridgehead atoms. The van der Waals surface area contributed by atoms with Gasteiger partial charge in [0.15, 0.2) is 0 Å². The average molecular weight is 439 g/mol. The molecular weight excluding hydrogens is 414 g/mol. The maximum absolute atomic E-state index is 12.1. The molecule has 3 atom stereocenters. The van der Waals surface area contributed by atoms with Crippen LogP contribution >= 0.6 is 0 Å². The van der Waals surface area contributed by atoms with Gasteiger partial charge in [-0.1, -0.05) is 12.1 Å². The number of amides is 4. The van der Waals surface area contributed by atoms with Crippen molar-refractivity contribution < 1.29 is 39.3 Å². The lowest BCUT2D eigenvalue weighted by Crippen LogP contribution is -2.55. The van der Waals surface area contributed by atoms with Gasteiger partial charge in [-0.3, -0.25) is 19.2 Å². The number of aromatic hydroxyl groups is 1. The number of aliphatic hydroxyl groups excluding tert-OH is 1. The number of rotatable bonds is 12. The van der Waals surface area contributed by atoms with E-state index in [1.54, 1.807) is 12.1 Å². The lowest BCUT2D eigenvalue weighted by molar-refractivity contribution is -0.144. The fourth-order valence-corrected chi connectivity index (χ4v) is 2.39. The third-order valence-corrected chi connectivity index (χ3v) is 4.01. The second kappa shape index (κ2) is 12.1. The molecule has 4 amide bonds. The second-order valence-corrected chi connectivity index (χ2v) is 6.57. The highest BCUT2D eigenvalue weighted by molar-refractivity contribution is 5.93. The van der Waals surface area contributed by atoms with E-state index in [9.17, 15) is 34.2 Å². The first-order chi connectivity index (χ1) is 14.5. The predicted molar refractivity (Wildman–Crippen MR) is 105 cm³/mol. The Kier molecular flexibility index (Phi) is 9.88. The fourth-order valence-electron chi connectivity index (χ4n) is 2.39. The molecule has 0 aliphatic carbocycles. The smallest absolute Gasteiger partial charge is 0.326 e. The third-order valence-electron chi connectivity index (χ3n) is 4.01. The van der Waals surface area contributed by atoms with Crippen LogP contribution in [-0.2, 0) is 30.4 Å². The molecule has 0 fully saturated rings. The van der Waals surface area contributed by atoms with Gasteiger partial charge < -0.3 is 42.7 Å². The zero-order chi connectivity index (χ0) is 23.6. The van der Waals surface area contributed by atoms with E-state index in [0.717, 1.165) is 0 Å². The summed E-state index contributed by atoms with van der Waals surface area (Å²) in [7, 11) is 0. The summed E-state index contributed by atoms with van der Waals surface area (Å²) < 4.78 is 0. The fraction of sp³-hybridized carbons (Fsp3) is 0.389. The Hall–Kier alpha value is -3.71. The van der Waals surface area contributed by atoms with Crippen LogP contribution in [0, 0.1) is 0 Å². The van der Waals surface area contributed by atoms with E-state index in [2.05, 4.69) is 10.6 Å². The van der Waals surface area contributed by atoms with Gasteiger partial charge in [-0.2, -0.15) is 0 Å². The lowest BCUT2D eigenvalue weighted by atomic mass is 10.1. The van der Waals surface area contributed by atoms with E-state index < -0.39 is 67.3 Å². The molecule has 170 valence electrons. The summed E-state index contributed by atoms with van der Waals surface area (Å²) in [5, 5.41) is 33.9. The van der Waals surface area contributed by atoms with E-state index in [4.69, 9.17) is 16.6 Å². The molecule has 0 heterocycles. The van der Waals surface area contributed by atoms with Crippen molar-refractivity contribution in [3.63, 3.8) is 0 Å². The van der Waals surface area contributed by atoms with Crippen molar-refractivity contribution in [1.29, 1.82) is 0 Å². The first-order valence-corrected chi connectivity index (χ1v) is 9.06. The molecule has 0 saturated heterocycles. The predicted octanol–water partition coefficient (Wildman–Crippen LogP) is -3.70. The third kappa shape index (κ3) is 9.10. The topological polar surface area (TPSA) is 234 Å². The van der Waals surface area contributed by atoms with Crippen molar-refractivity contribution in [2.75, 3.05) is 13.2 Å². The van der Waals surface area contributed by atoms with E-state index >= 15 is 0 Å². The normalized spacial score (nSPS) is 13.4. The van der Waals surface area contributed by atoms with E-state index in [0.29, 0.717) is 5.56 Å². The summed E-state index contributed by atoms with van der Waals surface area (Å²) in [6.07, 6.45) is -0.534. The van der Waals surface area contributed by atoms with Crippen LogP contribution in [0.5, 0.6) is 5.75 Å². The van der Waals surface area contributed by atoms with Gasteiger partial charge >= 0.3 is 5.97 Å². The first kappa shape index (κ1) is 25.3. The number of phenols is 1. The highest BCUT2D eigenvalue weighted by Crippen LogP contribution is 2.10. The van der Waals surface area contributed by atoms with Crippen LogP contribution in [-0.4, -0.2) is 76.2 Å². The van der Waals surface area contributed by atoms with Gasteiger partial charge in [-0.15, -0.1) is 0 Å². The quantitative estimate of drug-likeness (QED) is 0.160. The second-order valence-electron chi connectivity index (χ2n) is 6.57. The van der Waals surface area contributed by atoms with Crippen molar-refractivity contribution in [3.8, 4) is 5.75 Å². The highest BCUT2D eigenvalue weighted by atomic mass is 16.4. The number of aliphatic hydroxyl groups is 1. The van der Waals surface area contributed by atoms with Crippen molar-refractivity contribution in [2.24, 2.45) is 11.5 Å². The molecule has 13 heteroatoms.